The summed E-state index contributed by atoms with van der Waals surface area (Å²) in [4.78, 5) is 30.1. The maximum atomic E-state index is 11.8. The molecule has 0 spiro atoms. The first-order chi connectivity index (χ1) is 9.72. The van der Waals surface area contributed by atoms with Gasteiger partial charge in [0.25, 0.3) is 0 Å². The fraction of sp³-hybridized carbons (Fsp3) is 0.600. The van der Waals surface area contributed by atoms with E-state index >= 15 is 0 Å². The van der Waals surface area contributed by atoms with Crippen LogP contribution in [0.5, 0.6) is 0 Å². The summed E-state index contributed by atoms with van der Waals surface area (Å²) in [5.74, 6) is 0.332. The number of H-pyrrole nitrogens is 1. The van der Waals surface area contributed by atoms with Gasteiger partial charge in [0.2, 0.25) is 11.5 Å². The molecular weight excluding hydrogens is 254 g/mol. The molecule has 5 nitrogen and oxygen atoms in total. The highest BCUT2D eigenvalue weighted by molar-refractivity contribution is 5.78. The molecule has 20 heavy (non-hydrogen) atoms. The van der Waals surface area contributed by atoms with Gasteiger partial charge in [-0.2, -0.15) is 0 Å². The first-order valence-electron chi connectivity index (χ1n) is 7.42. The molecule has 108 valence electrons. The second-order valence-electron chi connectivity index (χ2n) is 5.76. The van der Waals surface area contributed by atoms with Crippen molar-refractivity contribution in [2.24, 2.45) is 0 Å². The van der Waals surface area contributed by atoms with Crippen LogP contribution in [0.1, 0.15) is 31.2 Å². The molecule has 1 aromatic heterocycles. The molecule has 1 aromatic rings. The van der Waals surface area contributed by atoms with Crippen molar-refractivity contribution in [2.75, 3.05) is 19.6 Å². The maximum Gasteiger partial charge on any atom is 0.248 e. The summed E-state index contributed by atoms with van der Waals surface area (Å²) in [6, 6.07) is 4.05. The Kier molecular flexibility index (Phi) is 3.87. The fourth-order valence-electron chi connectivity index (χ4n) is 3.29. The Labute approximate surface area is 118 Å². The number of carbonyl (C=O) groups excluding carboxylic acids is 1. The Hall–Kier alpha value is -1.62. The number of pyridine rings is 1. The van der Waals surface area contributed by atoms with Gasteiger partial charge < -0.3 is 9.88 Å². The first kappa shape index (κ1) is 13.4. The molecule has 0 unspecified atom stereocenters. The van der Waals surface area contributed by atoms with Gasteiger partial charge >= 0.3 is 0 Å². The van der Waals surface area contributed by atoms with E-state index in [9.17, 15) is 9.59 Å². The zero-order chi connectivity index (χ0) is 13.9. The SMILES string of the molecule is O=C1CCCN1C1CCN(Cc2cc[nH]c(=O)c2)CC1. The summed E-state index contributed by atoms with van der Waals surface area (Å²) in [6.07, 6.45) is 5.55. The minimum Gasteiger partial charge on any atom is -0.340 e. The molecule has 2 saturated heterocycles. The van der Waals surface area contributed by atoms with E-state index in [4.69, 9.17) is 0 Å². The molecule has 1 amide bonds. The summed E-state index contributed by atoms with van der Waals surface area (Å²) >= 11 is 0. The number of rotatable bonds is 3. The molecule has 0 atom stereocenters. The number of amides is 1. The number of nitrogens with one attached hydrogen (secondary N) is 1. The smallest absolute Gasteiger partial charge is 0.248 e. The van der Waals surface area contributed by atoms with Crippen molar-refractivity contribution < 1.29 is 4.79 Å². The molecule has 0 aromatic carbocycles. The predicted octanol–water partition coefficient (Wildman–Crippen LogP) is 0.962. The third-order valence-corrected chi connectivity index (χ3v) is 4.35. The van der Waals surface area contributed by atoms with E-state index in [1.54, 1.807) is 12.3 Å². The number of aromatic amines is 1. The molecule has 0 saturated carbocycles. The number of piperidine rings is 1. The third-order valence-electron chi connectivity index (χ3n) is 4.35. The summed E-state index contributed by atoms with van der Waals surface area (Å²) < 4.78 is 0. The molecule has 0 aliphatic carbocycles. The van der Waals surface area contributed by atoms with Gasteiger partial charge in [-0.05, 0) is 30.9 Å². The van der Waals surface area contributed by atoms with Crippen molar-refractivity contribution in [1.82, 2.24) is 14.8 Å². The zero-order valence-corrected chi connectivity index (χ0v) is 11.7. The Morgan fingerprint density at radius 2 is 2.00 bits per heavy atom. The average molecular weight is 275 g/mol. The molecule has 0 radical (unpaired) electrons. The van der Waals surface area contributed by atoms with Gasteiger partial charge in [-0.1, -0.05) is 0 Å². The van der Waals surface area contributed by atoms with E-state index in [1.165, 1.54) is 0 Å². The van der Waals surface area contributed by atoms with Crippen molar-refractivity contribution in [2.45, 2.75) is 38.3 Å². The van der Waals surface area contributed by atoms with Crippen LogP contribution in [0.4, 0.5) is 0 Å². The van der Waals surface area contributed by atoms with Crippen LogP contribution in [-0.2, 0) is 11.3 Å². The highest BCUT2D eigenvalue weighted by atomic mass is 16.2. The lowest BCUT2D eigenvalue weighted by molar-refractivity contribution is -0.130. The van der Waals surface area contributed by atoms with Gasteiger partial charge in [0, 0.05) is 50.9 Å². The third kappa shape index (κ3) is 2.93. The van der Waals surface area contributed by atoms with Crippen LogP contribution < -0.4 is 5.56 Å². The van der Waals surface area contributed by atoms with E-state index in [1.807, 2.05) is 6.07 Å². The number of nitrogens with zero attached hydrogens (tertiary/aromatic N) is 2. The van der Waals surface area contributed by atoms with Crippen LogP contribution >= 0.6 is 0 Å². The number of carbonyl (C=O) groups is 1. The minimum absolute atomic E-state index is 0.0416. The van der Waals surface area contributed by atoms with Crippen LogP contribution in [0.2, 0.25) is 0 Å². The molecule has 5 heteroatoms. The first-order valence-corrected chi connectivity index (χ1v) is 7.42. The van der Waals surface area contributed by atoms with Gasteiger partial charge in [0.1, 0.15) is 0 Å². The normalized spacial score (nSPS) is 21.6. The quantitative estimate of drug-likeness (QED) is 0.894. The van der Waals surface area contributed by atoms with Crippen LogP contribution in [0.3, 0.4) is 0 Å². The lowest BCUT2D eigenvalue weighted by Crippen LogP contribution is -2.45. The molecule has 2 aliphatic heterocycles. The van der Waals surface area contributed by atoms with Crippen molar-refractivity contribution >= 4 is 5.91 Å². The van der Waals surface area contributed by atoms with Crippen molar-refractivity contribution in [1.29, 1.82) is 0 Å². The number of hydrogen-bond acceptors (Lipinski definition) is 3. The molecule has 2 fully saturated rings. The van der Waals surface area contributed by atoms with Crippen LogP contribution in [-0.4, -0.2) is 46.4 Å². The van der Waals surface area contributed by atoms with Gasteiger partial charge in [0.15, 0.2) is 0 Å². The monoisotopic (exact) mass is 275 g/mol. The lowest BCUT2D eigenvalue weighted by atomic mass is 10.0. The van der Waals surface area contributed by atoms with E-state index < -0.39 is 0 Å². The van der Waals surface area contributed by atoms with Crippen molar-refractivity contribution in [3.63, 3.8) is 0 Å². The summed E-state index contributed by atoms with van der Waals surface area (Å²) in [5.41, 5.74) is 1.02. The predicted molar refractivity (Wildman–Crippen MR) is 76.3 cm³/mol. The summed E-state index contributed by atoms with van der Waals surface area (Å²) in [6.45, 7) is 3.77. The molecular formula is C15H21N3O2. The average Bonchev–Trinajstić information content (AvgIpc) is 2.86. The van der Waals surface area contributed by atoms with E-state index in [0.29, 0.717) is 11.9 Å². The summed E-state index contributed by atoms with van der Waals surface area (Å²) in [7, 11) is 0. The second-order valence-corrected chi connectivity index (χ2v) is 5.76. The van der Waals surface area contributed by atoms with E-state index in [-0.39, 0.29) is 5.56 Å². The molecule has 3 rings (SSSR count). The number of hydrogen-bond donors (Lipinski definition) is 1. The van der Waals surface area contributed by atoms with Crippen LogP contribution in [0.15, 0.2) is 23.1 Å². The minimum atomic E-state index is -0.0416. The standard InChI is InChI=1S/C15H21N3O2/c19-14-10-12(3-6-16-14)11-17-8-4-13(5-9-17)18-7-1-2-15(18)20/h3,6,10,13H,1-2,4-5,7-9,11H2,(H,16,19). The van der Waals surface area contributed by atoms with Crippen molar-refractivity contribution in [3.05, 3.63) is 34.2 Å². The maximum absolute atomic E-state index is 11.8. The Morgan fingerprint density at radius 3 is 2.65 bits per heavy atom. The fourth-order valence-corrected chi connectivity index (χ4v) is 3.29. The Bertz CT molecular complexity index is 532. The van der Waals surface area contributed by atoms with Gasteiger partial charge in [-0.15, -0.1) is 0 Å². The topological polar surface area (TPSA) is 56.4 Å². The Balaban J connectivity index is 1.53. The van der Waals surface area contributed by atoms with Crippen molar-refractivity contribution in [3.8, 4) is 0 Å². The van der Waals surface area contributed by atoms with E-state index in [0.717, 1.165) is 57.4 Å². The van der Waals surface area contributed by atoms with Crippen LogP contribution in [0, 0.1) is 0 Å². The largest absolute Gasteiger partial charge is 0.340 e. The second kappa shape index (κ2) is 5.79. The zero-order valence-electron chi connectivity index (χ0n) is 11.7. The van der Waals surface area contributed by atoms with E-state index in [2.05, 4.69) is 14.8 Å². The van der Waals surface area contributed by atoms with Gasteiger partial charge in [-0.3, -0.25) is 14.5 Å². The number of likely N-dealkylation sites (tertiary alicyclic amines) is 2. The number of aromatic nitrogens is 1. The highest BCUT2D eigenvalue weighted by Gasteiger charge is 2.30. The molecule has 0 bridgehead atoms. The Morgan fingerprint density at radius 1 is 1.20 bits per heavy atom. The lowest BCUT2D eigenvalue weighted by Gasteiger charge is -2.36. The molecule has 1 N–H and O–H groups in total. The van der Waals surface area contributed by atoms with Gasteiger partial charge in [-0.25, -0.2) is 0 Å². The van der Waals surface area contributed by atoms with Crippen LogP contribution in [0.25, 0.3) is 0 Å². The molecule has 2 aliphatic rings. The highest BCUT2D eigenvalue weighted by Crippen LogP contribution is 2.22. The summed E-state index contributed by atoms with van der Waals surface area (Å²) in [5, 5.41) is 0. The molecule has 3 heterocycles. The van der Waals surface area contributed by atoms with Gasteiger partial charge in [0.05, 0.1) is 0 Å².